The average molecular weight is 142 g/mol. The second-order valence-corrected chi connectivity index (χ2v) is 1.84. The summed E-state index contributed by atoms with van der Waals surface area (Å²) in [6.07, 6.45) is 1.65. The van der Waals surface area contributed by atoms with Crippen LogP contribution in [0.15, 0.2) is 6.33 Å². The third-order valence-corrected chi connectivity index (χ3v) is 1.25. The molecule has 0 unspecified atom stereocenters. The van der Waals surface area contributed by atoms with Crippen molar-refractivity contribution in [3.05, 3.63) is 12.2 Å². The van der Waals surface area contributed by atoms with Crippen LogP contribution in [0.5, 0.6) is 0 Å². The van der Waals surface area contributed by atoms with Gasteiger partial charge in [0.25, 0.3) is 0 Å². The molecule has 0 aromatic carbocycles. The fourth-order valence-corrected chi connectivity index (χ4v) is 0.729. The number of hydrogen-bond acceptors (Lipinski definition) is 4. The SMILES string of the molecule is CCn1cnnc1CON. The molecular formula is C5H10N4O. The van der Waals surface area contributed by atoms with Gasteiger partial charge in [-0.1, -0.05) is 0 Å². The van der Waals surface area contributed by atoms with Gasteiger partial charge < -0.3 is 4.57 Å². The van der Waals surface area contributed by atoms with Gasteiger partial charge >= 0.3 is 0 Å². The van der Waals surface area contributed by atoms with Crippen LogP contribution in [0.1, 0.15) is 12.7 Å². The summed E-state index contributed by atoms with van der Waals surface area (Å²) < 4.78 is 1.87. The molecule has 0 bridgehead atoms. The van der Waals surface area contributed by atoms with Crippen LogP contribution in [-0.4, -0.2) is 14.8 Å². The lowest BCUT2D eigenvalue weighted by Gasteiger charge is -1.99. The Morgan fingerprint density at radius 2 is 2.60 bits per heavy atom. The highest BCUT2D eigenvalue weighted by molar-refractivity contribution is 4.81. The molecule has 0 aliphatic carbocycles. The van der Waals surface area contributed by atoms with Gasteiger partial charge in [-0.2, -0.15) is 0 Å². The molecule has 1 aromatic heterocycles. The van der Waals surface area contributed by atoms with Crippen LogP contribution in [0.3, 0.4) is 0 Å². The predicted octanol–water partition coefficient (Wildman–Crippen LogP) is -0.312. The molecule has 5 heteroatoms. The Morgan fingerprint density at radius 3 is 3.20 bits per heavy atom. The molecule has 0 atom stereocenters. The molecular weight excluding hydrogens is 132 g/mol. The van der Waals surface area contributed by atoms with Gasteiger partial charge in [-0.05, 0) is 6.92 Å². The minimum Gasteiger partial charge on any atom is -0.316 e. The normalized spacial score (nSPS) is 10.2. The number of nitrogens with zero attached hydrogens (tertiary/aromatic N) is 3. The standard InChI is InChI=1S/C5H10N4O/c1-2-9-4-7-8-5(9)3-10-6/h4H,2-3,6H2,1H3. The fourth-order valence-electron chi connectivity index (χ4n) is 0.729. The van der Waals surface area contributed by atoms with Gasteiger partial charge in [-0.15, -0.1) is 10.2 Å². The molecule has 5 nitrogen and oxygen atoms in total. The van der Waals surface area contributed by atoms with E-state index >= 15 is 0 Å². The minimum absolute atomic E-state index is 0.313. The summed E-state index contributed by atoms with van der Waals surface area (Å²) in [6, 6.07) is 0. The van der Waals surface area contributed by atoms with Gasteiger partial charge in [0.05, 0.1) is 0 Å². The molecule has 2 N–H and O–H groups in total. The van der Waals surface area contributed by atoms with Crippen molar-refractivity contribution in [2.75, 3.05) is 0 Å². The zero-order chi connectivity index (χ0) is 7.40. The Labute approximate surface area is 58.8 Å². The van der Waals surface area contributed by atoms with Gasteiger partial charge in [0.1, 0.15) is 12.9 Å². The van der Waals surface area contributed by atoms with Gasteiger partial charge in [0, 0.05) is 6.54 Å². The van der Waals surface area contributed by atoms with Gasteiger partial charge in [-0.3, -0.25) is 4.84 Å². The number of nitrogens with two attached hydrogens (primary N) is 1. The van der Waals surface area contributed by atoms with Crippen LogP contribution >= 0.6 is 0 Å². The van der Waals surface area contributed by atoms with Gasteiger partial charge in [-0.25, -0.2) is 5.90 Å². The zero-order valence-corrected chi connectivity index (χ0v) is 5.82. The molecule has 0 amide bonds. The second-order valence-electron chi connectivity index (χ2n) is 1.84. The van der Waals surface area contributed by atoms with E-state index in [1.54, 1.807) is 6.33 Å². The van der Waals surface area contributed by atoms with Crippen molar-refractivity contribution >= 4 is 0 Å². The highest BCUT2D eigenvalue weighted by Crippen LogP contribution is 1.94. The summed E-state index contributed by atoms with van der Waals surface area (Å²) in [6.45, 7) is 3.16. The third kappa shape index (κ3) is 1.31. The third-order valence-electron chi connectivity index (χ3n) is 1.25. The maximum absolute atomic E-state index is 4.86. The summed E-state index contributed by atoms with van der Waals surface area (Å²) in [7, 11) is 0. The van der Waals surface area contributed by atoms with E-state index in [1.165, 1.54) is 0 Å². The highest BCUT2D eigenvalue weighted by atomic mass is 16.6. The summed E-state index contributed by atoms with van der Waals surface area (Å²) >= 11 is 0. The first-order valence-electron chi connectivity index (χ1n) is 3.06. The number of aromatic nitrogens is 3. The molecule has 1 aromatic rings. The lowest BCUT2D eigenvalue weighted by molar-refractivity contribution is 0.115. The summed E-state index contributed by atoms with van der Waals surface area (Å²) in [5.74, 6) is 5.62. The maximum atomic E-state index is 4.86. The first-order chi connectivity index (χ1) is 4.88. The molecule has 56 valence electrons. The van der Waals surface area contributed by atoms with Crippen molar-refractivity contribution in [2.45, 2.75) is 20.1 Å². The van der Waals surface area contributed by atoms with Crippen LogP contribution in [0, 0.1) is 0 Å². The Kier molecular flexibility index (Phi) is 2.35. The molecule has 0 fully saturated rings. The largest absolute Gasteiger partial charge is 0.316 e. The van der Waals surface area contributed by atoms with E-state index < -0.39 is 0 Å². The molecule has 1 rings (SSSR count). The predicted molar refractivity (Wildman–Crippen MR) is 34.7 cm³/mol. The van der Waals surface area contributed by atoms with Gasteiger partial charge in [0.2, 0.25) is 0 Å². The van der Waals surface area contributed by atoms with Gasteiger partial charge in [0.15, 0.2) is 5.82 Å². The van der Waals surface area contributed by atoms with Crippen molar-refractivity contribution in [2.24, 2.45) is 5.90 Å². The van der Waals surface area contributed by atoms with Crippen LogP contribution in [0.4, 0.5) is 0 Å². The van der Waals surface area contributed by atoms with E-state index in [4.69, 9.17) is 5.90 Å². The zero-order valence-electron chi connectivity index (χ0n) is 5.82. The number of aryl methyl sites for hydroxylation is 1. The van der Waals surface area contributed by atoms with Crippen LogP contribution in [0.2, 0.25) is 0 Å². The first kappa shape index (κ1) is 7.17. The van der Waals surface area contributed by atoms with Crippen molar-refractivity contribution in [1.82, 2.24) is 14.8 Å². The summed E-state index contributed by atoms with van der Waals surface area (Å²) in [5.41, 5.74) is 0. The monoisotopic (exact) mass is 142 g/mol. The fraction of sp³-hybridized carbons (Fsp3) is 0.600. The summed E-state index contributed by atoms with van der Waals surface area (Å²) in [5, 5.41) is 7.47. The Hall–Kier alpha value is -0.940. The van der Waals surface area contributed by atoms with E-state index in [1.807, 2.05) is 11.5 Å². The highest BCUT2D eigenvalue weighted by Gasteiger charge is 1.99. The van der Waals surface area contributed by atoms with Crippen molar-refractivity contribution < 1.29 is 4.84 Å². The molecule has 0 spiro atoms. The first-order valence-corrected chi connectivity index (χ1v) is 3.06. The van der Waals surface area contributed by atoms with E-state index in [2.05, 4.69) is 15.0 Å². The smallest absolute Gasteiger partial charge is 0.160 e. The lowest BCUT2D eigenvalue weighted by atomic mass is 10.6. The lowest BCUT2D eigenvalue weighted by Crippen LogP contribution is -2.06. The van der Waals surface area contributed by atoms with Crippen molar-refractivity contribution in [3.63, 3.8) is 0 Å². The Balaban J connectivity index is 2.70. The molecule has 0 saturated carbocycles. The molecule has 0 aliphatic rings. The number of rotatable bonds is 3. The Morgan fingerprint density at radius 1 is 1.80 bits per heavy atom. The molecule has 0 radical (unpaired) electrons. The molecule has 0 saturated heterocycles. The minimum atomic E-state index is 0.313. The van der Waals surface area contributed by atoms with E-state index in [9.17, 15) is 0 Å². The van der Waals surface area contributed by atoms with E-state index in [0.29, 0.717) is 6.61 Å². The van der Waals surface area contributed by atoms with Crippen molar-refractivity contribution in [1.29, 1.82) is 0 Å². The van der Waals surface area contributed by atoms with E-state index in [-0.39, 0.29) is 0 Å². The summed E-state index contributed by atoms with van der Waals surface area (Å²) in [4.78, 5) is 4.41. The number of hydrogen-bond donors (Lipinski definition) is 1. The topological polar surface area (TPSA) is 66.0 Å². The molecule has 1 heterocycles. The van der Waals surface area contributed by atoms with Crippen LogP contribution in [0.25, 0.3) is 0 Å². The van der Waals surface area contributed by atoms with E-state index in [0.717, 1.165) is 12.4 Å². The van der Waals surface area contributed by atoms with Crippen molar-refractivity contribution in [3.8, 4) is 0 Å². The average Bonchev–Trinajstić information content (AvgIpc) is 2.36. The second kappa shape index (κ2) is 3.28. The quantitative estimate of drug-likeness (QED) is 0.588. The van der Waals surface area contributed by atoms with Crippen LogP contribution in [-0.2, 0) is 18.0 Å². The molecule has 10 heavy (non-hydrogen) atoms. The maximum Gasteiger partial charge on any atom is 0.160 e. The van der Waals surface area contributed by atoms with Crippen LogP contribution < -0.4 is 5.90 Å². The molecule has 0 aliphatic heterocycles. The Bertz CT molecular complexity index is 197.